The molecule has 3 aliphatic rings. The molecule has 0 bridgehead atoms. The number of aryl methyl sites for hydroxylation is 1. The number of halogens is 1. The van der Waals surface area contributed by atoms with E-state index in [1.165, 1.54) is 31.8 Å². The molecule has 2 aromatic carbocycles. The van der Waals surface area contributed by atoms with Gasteiger partial charge in [0.2, 0.25) is 33.4 Å². The number of nitrogens with zero attached hydrogens (tertiary/aromatic N) is 9. The highest BCUT2D eigenvalue weighted by Crippen LogP contribution is 2.35. The number of benzene rings is 2. The largest absolute Gasteiger partial charge is 0.485 e. The summed E-state index contributed by atoms with van der Waals surface area (Å²) in [5.74, 6) is -0.673. The van der Waals surface area contributed by atoms with Crippen molar-refractivity contribution >= 4 is 50.2 Å². The fourth-order valence-electron chi connectivity index (χ4n) is 8.69. The average Bonchev–Trinajstić information content (AvgIpc) is 4.05. The second-order valence-corrected chi connectivity index (χ2v) is 18.0. The summed E-state index contributed by atoms with van der Waals surface area (Å²) in [6.45, 7) is 6.90. The van der Waals surface area contributed by atoms with Gasteiger partial charge in [-0.15, -0.1) is 5.10 Å². The van der Waals surface area contributed by atoms with Gasteiger partial charge < -0.3 is 15.0 Å². The van der Waals surface area contributed by atoms with Crippen molar-refractivity contribution < 1.29 is 27.1 Å². The standard InChI is InChI=1S/C40H45FN12O6S/c1-23(2)59-36-35(27-18-43-44-19-27)42-22-52-37(36)47-39(48-52)45-30-6-5-28(17-29(30)41)60(57,58)51-15-10-24(21-51)20-50-13-11-25(12-14-50)26-4-7-31-33(16-26)49(3)40(56)53(31)32-8-9-34(54)46-38(32)55/h4-7,16-19,22-25,32H,8-15,20-21H2,1-3H3,(H,43,44)(H,45,48)(H,46,54,55). The lowest BCUT2D eigenvalue weighted by Gasteiger charge is -2.33. The minimum atomic E-state index is -3.95. The summed E-state index contributed by atoms with van der Waals surface area (Å²) in [6.07, 6.45) is 7.56. The van der Waals surface area contributed by atoms with Crippen molar-refractivity contribution in [3.8, 4) is 17.0 Å². The van der Waals surface area contributed by atoms with Gasteiger partial charge in [-0.3, -0.25) is 29.1 Å². The lowest BCUT2D eigenvalue weighted by atomic mass is 9.88. The third-order valence-electron chi connectivity index (χ3n) is 11.8. The van der Waals surface area contributed by atoms with E-state index in [1.807, 2.05) is 32.0 Å². The molecule has 314 valence electrons. The monoisotopic (exact) mass is 840 g/mol. The van der Waals surface area contributed by atoms with Crippen LogP contribution in [-0.2, 0) is 26.7 Å². The van der Waals surface area contributed by atoms with Crippen LogP contribution >= 0.6 is 0 Å². The number of piperidine rings is 2. The van der Waals surface area contributed by atoms with Crippen molar-refractivity contribution in [2.75, 3.05) is 38.0 Å². The van der Waals surface area contributed by atoms with Crippen molar-refractivity contribution in [3.05, 3.63) is 77.0 Å². The number of nitrogens with one attached hydrogen (secondary N) is 3. The molecule has 6 aromatic rings. The van der Waals surface area contributed by atoms with Gasteiger partial charge in [0.25, 0.3) is 0 Å². The molecule has 0 saturated carbocycles. The summed E-state index contributed by atoms with van der Waals surface area (Å²) in [5.41, 5.74) is 3.83. The Kier molecular flexibility index (Phi) is 10.2. The number of imidazole rings is 1. The van der Waals surface area contributed by atoms with Crippen molar-refractivity contribution in [2.45, 2.75) is 68.9 Å². The molecule has 9 rings (SSSR count). The Labute approximate surface area is 343 Å². The number of aromatic amines is 1. The Hall–Kier alpha value is -5.99. The number of carbonyl (C=O) groups excluding carboxylic acids is 2. The molecule has 20 heteroatoms. The van der Waals surface area contributed by atoms with Crippen LogP contribution in [-0.4, -0.2) is 107 Å². The predicted molar refractivity (Wildman–Crippen MR) is 218 cm³/mol. The Bertz CT molecular complexity index is 2790. The Morgan fingerprint density at radius 3 is 2.57 bits per heavy atom. The molecule has 0 radical (unpaired) electrons. The van der Waals surface area contributed by atoms with Gasteiger partial charge in [-0.1, -0.05) is 6.07 Å². The van der Waals surface area contributed by atoms with Gasteiger partial charge in [0, 0.05) is 44.9 Å². The van der Waals surface area contributed by atoms with E-state index in [0.29, 0.717) is 47.7 Å². The molecular formula is C40H45FN12O6S. The van der Waals surface area contributed by atoms with Gasteiger partial charge in [0.15, 0.2) is 5.75 Å². The molecule has 3 fully saturated rings. The number of ether oxygens (including phenoxy) is 1. The normalized spacial score (nSPS) is 19.8. The summed E-state index contributed by atoms with van der Waals surface area (Å²) >= 11 is 0. The molecule has 0 spiro atoms. The van der Waals surface area contributed by atoms with Gasteiger partial charge in [-0.25, -0.2) is 22.6 Å². The molecule has 4 aromatic heterocycles. The maximum atomic E-state index is 15.6. The zero-order chi connectivity index (χ0) is 41.9. The first kappa shape index (κ1) is 39.5. The smallest absolute Gasteiger partial charge is 0.329 e. The summed E-state index contributed by atoms with van der Waals surface area (Å²) in [7, 11) is -2.25. The van der Waals surface area contributed by atoms with E-state index in [9.17, 15) is 22.8 Å². The minimum absolute atomic E-state index is 0.0106. The third kappa shape index (κ3) is 7.32. The number of hydrogen-bond donors (Lipinski definition) is 3. The zero-order valence-electron chi connectivity index (χ0n) is 33.3. The lowest BCUT2D eigenvalue weighted by molar-refractivity contribution is -0.135. The first-order chi connectivity index (χ1) is 28.8. The van der Waals surface area contributed by atoms with E-state index in [0.717, 1.165) is 49.6 Å². The van der Waals surface area contributed by atoms with E-state index < -0.39 is 27.8 Å². The van der Waals surface area contributed by atoms with Crippen LogP contribution in [0.25, 0.3) is 27.9 Å². The number of H-pyrrole nitrogens is 1. The van der Waals surface area contributed by atoms with E-state index in [4.69, 9.17) is 4.74 Å². The fraction of sp³-hybridized carbons (Fsp3) is 0.425. The first-order valence-corrected chi connectivity index (χ1v) is 21.5. The second-order valence-electron chi connectivity index (χ2n) is 16.1. The number of fused-ring (bicyclic) bond motifs is 2. The number of likely N-dealkylation sites (tertiary alicyclic amines) is 1. The molecular weight excluding hydrogens is 796 g/mol. The van der Waals surface area contributed by atoms with Gasteiger partial charge >= 0.3 is 5.69 Å². The highest BCUT2D eigenvalue weighted by atomic mass is 32.2. The number of imide groups is 1. The molecule has 7 heterocycles. The molecule has 2 amide bonds. The maximum Gasteiger partial charge on any atom is 0.329 e. The van der Waals surface area contributed by atoms with Crippen molar-refractivity contribution in [1.29, 1.82) is 0 Å². The Morgan fingerprint density at radius 2 is 1.83 bits per heavy atom. The van der Waals surface area contributed by atoms with Crippen molar-refractivity contribution in [2.24, 2.45) is 13.0 Å². The van der Waals surface area contributed by atoms with Gasteiger partial charge in [0.1, 0.15) is 23.9 Å². The summed E-state index contributed by atoms with van der Waals surface area (Å²) in [6, 6.07) is 9.03. The van der Waals surface area contributed by atoms with E-state index in [-0.39, 0.29) is 58.9 Å². The molecule has 3 N–H and O–H groups in total. The first-order valence-electron chi connectivity index (χ1n) is 20.1. The van der Waals surface area contributed by atoms with Crippen LogP contribution in [0.3, 0.4) is 0 Å². The van der Waals surface area contributed by atoms with Gasteiger partial charge in [0.05, 0.1) is 33.9 Å². The molecule has 60 heavy (non-hydrogen) atoms. The van der Waals surface area contributed by atoms with Gasteiger partial charge in [-0.2, -0.15) is 18.9 Å². The van der Waals surface area contributed by atoms with Crippen LogP contribution in [0.1, 0.15) is 63.5 Å². The van der Waals surface area contributed by atoms with Crippen LogP contribution in [0.15, 0.2) is 64.8 Å². The van der Waals surface area contributed by atoms with Crippen LogP contribution in [0.4, 0.5) is 16.0 Å². The number of sulfonamides is 1. The van der Waals surface area contributed by atoms with Crippen molar-refractivity contribution in [3.63, 3.8) is 0 Å². The molecule has 3 saturated heterocycles. The van der Waals surface area contributed by atoms with Crippen LogP contribution < -0.4 is 21.1 Å². The average molecular weight is 841 g/mol. The van der Waals surface area contributed by atoms with E-state index in [2.05, 4.69) is 40.8 Å². The number of anilines is 2. The number of hydrogen-bond acceptors (Lipinski definition) is 12. The third-order valence-corrected chi connectivity index (χ3v) is 13.6. The lowest BCUT2D eigenvalue weighted by Crippen LogP contribution is -2.44. The van der Waals surface area contributed by atoms with Gasteiger partial charge in [-0.05, 0) is 100 Å². The summed E-state index contributed by atoms with van der Waals surface area (Å²) in [5, 5.41) is 16.4. The second kappa shape index (κ2) is 15.6. The van der Waals surface area contributed by atoms with Crippen LogP contribution in [0, 0.1) is 11.7 Å². The molecule has 2 unspecified atom stereocenters. The Morgan fingerprint density at radius 1 is 1.02 bits per heavy atom. The quantitative estimate of drug-likeness (QED) is 0.160. The number of rotatable bonds is 11. The number of amides is 2. The fourth-order valence-corrected chi connectivity index (χ4v) is 10.2. The molecule has 18 nitrogen and oxygen atoms in total. The van der Waals surface area contributed by atoms with Crippen molar-refractivity contribution in [1.82, 2.24) is 53.4 Å². The highest BCUT2D eigenvalue weighted by molar-refractivity contribution is 7.89. The van der Waals surface area contributed by atoms with Crippen LogP contribution in [0.2, 0.25) is 0 Å². The zero-order valence-corrected chi connectivity index (χ0v) is 34.2. The number of aromatic nitrogens is 8. The SMILES string of the molecule is CC(C)Oc1c(-c2cn[nH]c2)ncn2nc(Nc3ccc(S(=O)(=O)N4CCC(CN5CCC(c6ccc7c(c6)n(C)c(=O)n7C6CCC(=O)NC6=O)CC5)C4)cc3F)nc12. The topological polar surface area (TPSA) is 207 Å². The highest BCUT2D eigenvalue weighted by Gasteiger charge is 2.35. The summed E-state index contributed by atoms with van der Waals surface area (Å²) < 4.78 is 55.0. The molecule has 3 aliphatic heterocycles. The van der Waals surface area contributed by atoms with Crippen LogP contribution in [0.5, 0.6) is 5.75 Å². The van der Waals surface area contributed by atoms with E-state index in [1.54, 1.807) is 24.0 Å². The predicted octanol–water partition coefficient (Wildman–Crippen LogP) is 3.71. The maximum absolute atomic E-state index is 15.6. The minimum Gasteiger partial charge on any atom is -0.485 e. The Balaban J connectivity index is 0.816. The summed E-state index contributed by atoms with van der Waals surface area (Å²) in [4.78, 5) is 48.8. The molecule has 0 aliphatic carbocycles. The molecule has 2 atom stereocenters. The number of carbonyl (C=O) groups is 2. The van der Waals surface area contributed by atoms with E-state index >= 15 is 4.39 Å².